The second-order valence-electron chi connectivity index (χ2n) is 8.02. The van der Waals surface area contributed by atoms with Crippen molar-refractivity contribution in [2.75, 3.05) is 19.6 Å². The Morgan fingerprint density at radius 3 is 2.79 bits per heavy atom. The Morgan fingerprint density at radius 2 is 1.96 bits per heavy atom. The van der Waals surface area contributed by atoms with Gasteiger partial charge in [-0.15, -0.1) is 0 Å². The molecule has 1 fully saturated rings. The zero-order chi connectivity index (χ0) is 19.0. The summed E-state index contributed by atoms with van der Waals surface area (Å²) in [5.74, 6) is 0.851. The van der Waals surface area contributed by atoms with Crippen molar-refractivity contribution in [1.29, 1.82) is 0 Å². The predicted octanol–water partition coefficient (Wildman–Crippen LogP) is 3.97. The van der Waals surface area contributed by atoms with Crippen molar-refractivity contribution in [2.24, 2.45) is 0 Å². The highest BCUT2D eigenvalue weighted by Crippen LogP contribution is 2.44. The van der Waals surface area contributed by atoms with Crippen LogP contribution in [-0.4, -0.2) is 44.3 Å². The Morgan fingerprint density at radius 1 is 1.07 bits per heavy atom. The molecule has 3 aromatic rings. The fourth-order valence-electron chi connectivity index (χ4n) is 4.79. The molecule has 0 amide bonds. The molecule has 1 unspecified atom stereocenters. The molecule has 1 aliphatic carbocycles. The lowest BCUT2D eigenvalue weighted by atomic mass is 9.77. The third-order valence-corrected chi connectivity index (χ3v) is 6.37. The summed E-state index contributed by atoms with van der Waals surface area (Å²) in [7, 11) is 0. The van der Waals surface area contributed by atoms with Gasteiger partial charge in [-0.05, 0) is 37.8 Å². The fraction of sp³-hybridized carbons (Fsp3) is 0.409. The van der Waals surface area contributed by atoms with E-state index in [9.17, 15) is 0 Å². The number of likely N-dealkylation sites (tertiary alicyclic amines) is 1. The molecule has 5 rings (SSSR count). The van der Waals surface area contributed by atoms with Crippen molar-refractivity contribution in [1.82, 2.24) is 24.6 Å². The average molecular weight is 394 g/mol. The van der Waals surface area contributed by atoms with E-state index in [4.69, 9.17) is 16.6 Å². The zero-order valence-corrected chi connectivity index (χ0v) is 16.6. The topological polar surface area (TPSA) is 46.8 Å². The predicted molar refractivity (Wildman–Crippen MR) is 110 cm³/mol. The molecule has 1 atom stereocenters. The number of fused-ring (bicyclic) bond motifs is 2. The molecule has 1 aliphatic heterocycles. The Bertz CT molecular complexity index is 966. The van der Waals surface area contributed by atoms with Gasteiger partial charge in [0.2, 0.25) is 0 Å². The van der Waals surface area contributed by atoms with Crippen LogP contribution in [0.2, 0.25) is 5.02 Å². The van der Waals surface area contributed by atoms with Gasteiger partial charge in [0.25, 0.3) is 0 Å². The smallest absolute Gasteiger partial charge is 0.159 e. The summed E-state index contributed by atoms with van der Waals surface area (Å²) in [6, 6.07) is 10.3. The summed E-state index contributed by atoms with van der Waals surface area (Å²) in [4.78, 5) is 12.3. The number of rotatable bonds is 4. The molecule has 1 saturated heterocycles. The van der Waals surface area contributed by atoms with E-state index in [1.807, 2.05) is 29.1 Å². The van der Waals surface area contributed by atoms with Crippen LogP contribution in [0, 0.1) is 0 Å². The highest BCUT2D eigenvalue weighted by molar-refractivity contribution is 6.30. The van der Waals surface area contributed by atoms with Crippen LogP contribution in [0.1, 0.15) is 30.5 Å². The van der Waals surface area contributed by atoms with Gasteiger partial charge in [0.1, 0.15) is 0 Å². The van der Waals surface area contributed by atoms with E-state index in [0.29, 0.717) is 5.02 Å². The maximum Gasteiger partial charge on any atom is 0.159 e. The Balaban J connectivity index is 1.37. The number of aryl methyl sites for hydroxylation is 1. The number of aromatic nitrogens is 4. The third kappa shape index (κ3) is 3.33. The van der Waals surface area contributed by atoms with E-state index in [-0.39, 0.29) is 5.41 Å². The number of nitrogens with zero attached hydrogens (tertiary/aromatic N) is 5. The van der Waals surface area contributed by atoms with Crippen LogP contribution in [0.25, 0.3) is 11.4 Å². The van der Waals surface area contributed by atoms with Gasteiger partial charge in [-0.1, -0.05) is 41.9 Å². The van der Waals surface area contributed by atoms with Crippen LogP contribution < -0.4 is 0 Å². The molecule has 2 aromatic heterocycles. The number of benzene rings is 1. The molecule has 0 N–H and O–H groups in total. The summed E-state index contributed by atoms with van der Waals surface area (Å²) >= 11 is 5.99. The van der Waals surface area contributed by atoms with E-state index in [2.05, 4.69) is 33.3 Å². The monoisotopic (exact) mass is 393 g/mol. The number of piperidine rings is 1. The first-order chi connectivity index (χ1) is 13.7. The zero-order valence-electron chi connectivity index (χ0n) is 15.9. The highest BCUT2D eigenvalue weighted by atomic mass is 35.5. The molecular weight excluding hydrogens is 370 g/mol. The largest absolute Gasteiger partial charge is 0.301 e. The van der Waals surface area contributed by atoms with E-state index in [1.165, 1.54) is 30.5 Å². The summed E-state index contributed by atoms with van der Waals surface area (Å²) in [6.07, 6.45) is 10.4. The normalized spacial score (nSPS) is 21.9. The quantitative estimate of drug-likeness (QED) is 0.672. The van der Waals surface area contributed by atoms with Gasteiger partial charge in [0, 0.05) is 36.5 Å². The number of halogens is 1. The van der Waals surface area contributed by atoms with Crippen molar-refractivity contribution in [3.63, 3.8) is 0 Å². The molecule has 2 aliphatic rings. The van der Waals surface area contributed by atoms with Crippen LogP contribution in [0.5, 0.6) is 0 Å². The SMILES string of the molecule is Clc1cnn(CCN2CCCC3(CCc4cnc(-c5ccccc5)nc43)C2)c1. The summed E-state index contributed by atoms with van der Waals surface area (Å²) in [5.41, 5.74) is 3.88. The third-order valence-electron chi connectivity index (χ3n) is 6.17. The van der Waals surface area contributed by atoms with Gasteiger partial charge in [0.15, 0.2) is 5.82 Å². The minimum absolute atomic E-state index is 0.168. The molecule has 1 spiro atoms. The molecule has 5 nitrogen and oxygen atoms in total. The van der Waals surface area contributed by atoms with Crippen molar-refractivity contribution in [2.45, 2.75) is 37.6 Å². The number of hydrogen-bond donors (Lipinski definition) is 0. The maximum atomic E-state index is 5.99. The average Bonchev–Trinajstić information content (AvgIpc) is 3.31. The van der Waals surface area contributed by atoms with Crippen LogP contribution in [0.4, 0.5) is 0 Å². The Labute approximate surface area is 170 Å². The van der Waals surface area contributed by atoms with E-state index in [1.54, 1.807) is 6.20 Å². The molecular formula is C22H24ClN5. The minimum Gasteiger partial charge on any atom is -0.301 e. The molecule has 6 heteroatoms. The van der Waals surface area contributed by atoms with Gasteiger partial charge < -0.3 is 4.90 Å². The van der Waals surface area contributed by atoms with Gasteiger partial charge in [-0.25, -0.2) is 9.97 Å². The lowest BCUT2D eigenvalue weighted by Gasteiger charge is -2.40. The minimum atomic E-state index is 0.168. The van der Waals surface area contributed by atoms with E-state index < -0.39 is 0 Å². The molecule has 3 heterocycles. The van der Waals surface area contributed by atoms with Gasteiger partial charge in [-0.3, -0.25) is 4.68 Å². The van der Waals surface area contributed by atoms with Crippen molar-refractivity contribution in [3.05, 3.63) is 65.2 Å². The van der Waals surface area contributed by atoms with E-state index in [0.717, 1.165) is 44.0 Å². The molecule has 28 heavy (non-hydrogen) atoms. The molecule has 144 valence electrons. The fourth-order valence-corrected chi connectivity index (χ4v) is 4.94. The molecule has 0 saturated carbocycles. The summed E-state index contributed by atoms with van der Waals surface area (Å²) in [5, 5.41) is 5.01. The standard InChI is InChI=1S/C22H24ClN5/c23-19-14-25-28(15-19)12-11-27-10-4-8-22(16-27)9-7-18-13-24-21(26-20(18)22)17-5-2-1-3-6-17/h1-3,5-6,13-15H,4,7-12,16H2. The Kier molecular flexibility index (Phi) is 4.65. The summed E-state index contributed by atoms with van der Waals surface area (Å²) in [6.45, 7) is 4.07. The first-order valence-corrected chi connectivity index (χ1v) is 10.4. The first-order valence-electron chi connectivity index (χ1n) is 10.0. The van der Waals surface area contributed by atoms with Crippen molar-refractivity contribution < 1.29 is 0 Å². The molecule has 0 radical (unpaired) electrons. The van der Waals surface area contributed by atoms with Crippen LogP contribution in [0.3, 0.4) is 0 Å². The lowest BCUT2D eigenvalue weighted by Crippen LogP contribution is -2.46. The van der Waals surface area contributed by atoms with Gasteiger partial charge in [-0.2, -0.15) is 5.10 Å². The van der Waals surface area contributed by atoms with Gasteiger partial charge in [0.05, 0.1) is 23.5 Å². The second-order valence-corrected chi connectivity index (χ2v) is 8.45. The summed E-state index contributed by atoms with van der Waals surface area (Å²) < 4.78 is 1.93. The maximum absolute atomic E-state index is 5.99. The lowest BCUT2D eigenvalue weighted by molar-refractivity contribution is 0.138. The van der Waals surface area contributed by atoms with Crippen LogP contribution in [0.15, 0.2) is 48.9 Å². The van der Waals surface area contributed by atoms with Crippen molar-refractivity contribution in [3.8, 4) is 11.4 Å². The van der Waals surface area contributed by atoms with Crippen LogP contribution >= 0.6 is 11.6 Å². The Hall–Kier alpha value is -2.24. The van der Waals surface area contributed by atoms with Gasteiger partial charge >= 0.3 is 0 Å². The second kappa shape index (κ2) is 7.30. The van der Waals surface area contributed by atoms with E-state index >= 15 is 0 Å². The molecule has 1 aromatic carbocycles. The molecule has 0 bridgehead atoms. The van der Waals surface area contributed by atoms with Crippen molar-refractivity contribution >= 4 is 11.6 Å². The number of hydrogen-bond acceptors (Lipinski definition) is 4. The van der Waals surface area contributed by atoms with Crippen LogP contribution in [-0.2, 0) is 18.4 Å². The first kappa shape index (κ1) is 17.8. The highest BCUT2D eigenvalue weighted by Gasteiger charge is 2.43.